The molecule has 1 aliphatic carbocycles. The number of halogens is 2. The Morgan fingerprint density at radius 2 is 2.21 bits per heavy atom. The number of urea groups is 1. The van der Waals surface area contributed by atoms with E-state index in [0.29, 0.717) is 23.8 Å². The fourth-order valence-electron chi connectivity index (χ4n) is 3.06. The molecule has 0 aromatic heterocycles. The molecule has 1 fully saturated rings. The number of hydrogen-bond acceptors (Lipinski definition) is 1. The van der Waals surface area contributed by atoms with E-state index in [0.717, 1.165) is 24.1 Å². The predicted molar refractivity (Wildman–Crippen MR) is 73.2 cm³/mol. The topological polar surface area (TPSA) is 41.1 Å². The predicted octanol–water partition coefficient (Wildman–Crippen LogP) is 3.83. The molecule has 1 aliphatic heterocycles. The van der Waals surface area contributed by atoms with Gasteiger partial charge in [0.1, 0.15) is 0 Å². The largest absolute Gasteiger partial charge is 0.328 e. The molecule has 1 saturated carbocycles. The third-order valence-electron chi connectivity index (χ3n) is 4.03. The van der Waals surface area contributed by atoms with Crippen molar-refractivity contribution in [2.75, 3.05) is 12.0 Å². The maximum Gasteiger partial charge on any atom is 0.319 e. The van der Waals surface area contributed by atoms with Crippen molar-refractivity contribution in [3.05, 3.63) is 28.8 Å². The second-order valence-corrected chi connectivity index (χ2v) is 5.74. The van der Waals surface area contributed by atoms with Gasteiger partial charge in [0.05, 0.1) is 12.2 Å². The lowest BCUT2D eigenvalue weighted by Crippen LogP contribution is -2.53. The van der Waals surface area contributed by atoms with Gasteiger partial charge < -0.3 is 10.6 Å². The van der Waals surface area contributed by atoms with Crippen LogP contribution in [-0.2, 0) is 5.54 Å². The van der Waals surface area contributed by atoms with Crippen LogP contribution in [0, 0.1) is 5.92 Å². The fourth-order valence-corrected chi connectivity index (χ4v) is 3.24. The van der Waals surface area contributed by atoms with E-state index >= 15 is 0 Å². The molecule has 1 aromatic carbocycles. The number of anilines is 1. The van der Waals surface area contributed by atoms with Gasteiger partial charge in [-0.05, 0) is 49.8 Å². The Morgan fingerprint density at radius 3 is 2.89 bits per heavy atom. The Labute approximate surface area is 116 Å². The molecule has 2 aliphatic rings. The van der Waals surface area contributed by atoms with Crippen LogP contribution in [0.5, 0.6) is 0 Å². The van der Waals surface area contributed by atoms with Gasteiger partial charge in [-0.1, -0.05) is 11.6 Å². The van der Waals surface area contributed by atoms with Gasteiger partial charge in [0.2, 0.25) is 0 Å². The van der Waals surface area contributed by atoms with Crippen LogP contribution in [0.2, 0.25) is 5.02 Å². The molecule has 0 spiro atoms. The Balaban J connectivity index is 2.07. The van der Waals surface area contributed by atoms with Crippen LogP contribution in [0.4, 0.5) is 14.9 Å². The van der Waals surface area contributed by atoms with Crippen LogP contribution in [0.15, 0.2) is 18.2 Å². The third-order valence-corrected chi connectivity index (χ3v) is 4.26. The van der Waals surface area contributed by atoms with Crippen molar-refractivity contribution in [1.29, 1.82) is 0 Å². The van der Waals surface area contributed by atoms with Gasteiger partial charge in [-0.15, -0.1) is 0 Å². The van der Waals surface area contributed by atoms with Gasteiger partial charge in [0, 0.05) is 16.3 Å². The molecular weight excluding hydrogens is 267 g/mol. The van der Waals surface area contributed by atoms with Crippen LogP contribution in [0.3, 0.4) is 0 Å². The Bertz CT molecular complexity index is 518. The molecule has 0 saturated heterocycles. The molecule has 3 nitrogen and oxygen atoms in total. The van der Waals surface area contributed by atoms with Gasteiger partial charge in [0.25, 0.3) is 0 Å². The molecule has 0 radical (unpaired) electrons. The average Bonchev–Trinajstić information content (AvgIpc) is 3.21. The quantitative estimate of drug-likeness (QED) is 0.866. The second-order valence-electron chi connectivity index (χ2n) is 5.31. The standard InChI is InChI=1S/C14H16ClFN2O/c15-10-4-5-12-11(8-10)14(6-1-7-16,9-2-3-9)18-13(19)17-12/h4-5,8-9H,1-3,6-7H2,(H2,17,18,19). The molecule has 2 amide bonds. The van der Waals surface area contributed by atoms with Crippen LogP contribution in [0.1, 0.15) is 31.2 Å². The third kappa shape index (κ3) is 2.18. The summed E-state index contributed by atoms with van der Waals surface area (Å²) in [5, 5.41) is 6.47. The molecule has 1 atom stereocenters. The average molecular weight is 283 g/mol. The molecule has 102 valence electrons. The summed E-state index contributed by atoms with van der Waals surface area (Å²) in [6.45, 7) is -0.367. The number of amides is 2. The van der Waals surface area contributed by atoms with Crippen LogP contribution >= 0.6 is 11.6 Å². The lowest BCUT2D eigenvalue weighted by molar-refractivity contribution is 0.214. The number of nitrogens with one attached hydrogen (secondary N) is 2. The SMILES string of the molecule is O=C1Nc2ccc(Cl)cc2C(CCCF)(C2CC2)N1. The van der Waals surface area contributed by atoms with Crippen LogP contribution in [-0.4, -0.2) is 12.7 Å². The fraction of sp³-hybridized carbons (Fsp3) is 0.500. The minimum Gasteiger partial charge on any atom is -0.328 e. The van der Waals surface area contributed by atoms with Crippen molar-refractivity contribution < 1.29 is 9.18 Å². The van der Waals surface area contributed by atoms with E-state index in [9.17, 15) is 9.18 Å². The minimum absolute atomic E-state index is 0.208. The highest BCUT2D eigenvalue weighted by atomic mass is 35.5. The summed E-state index contributed by atoms with van der Waals surface area (Å²) in [4.78, 5) is 11.9. The Hall–Kier alpha value is -1.29. The number of alkyl halides is 1. The highest BCUT2D eigenvalue weighted by molar-refractivity contribution is 6.30. The van der Waals surface area contributed by atoms with Crippen molar-refractivity contribution in [3.63, 3.8) is 0 Å². The summed E-state index contributed by atoms with van der Waals surface area (Å²) in [6, 6.07) is 5.27. The number of carbonyl (C=O) groups excluding carboxylic acids is 1. The summed E-state index contributed by atoms with van der Waals surface area (Å²) >= 11 is 6.08. The van der Waals surface area contributed by atoms with E-state index in [1.54, 1.807) is 6.07 Å². The lowest BCUT2D eigenvalue weighted by Gasteiger charge is -2.40. The van der Waals surface area contributed by atoms with Gasteiger partial charge in [-0.2, -0.15) is 0 Å². The maximum atomic E-state index is 12.6. The summed E-state index contributed by atoms with van der Waals surface area (Å²) in [7, 11) is 0. The first-order valence-electron chi connectivity index (χ1n) is 6.61. The van der Waals surface area contributed by atoms with Gasteiger partial charge in [-0.25, -0.2) is 4.79 Å². The zero-order valence-electron chi connectivity index (χ0n) is 10.5. The van der Waals surface area contributed by atoms with Crippen molar-refractivity contribution >= 4 is 23.3 Å². The van der Waals surface area contributed by atoms with E-state index in [-0.39, 0.29) is 12.7 Å². The zero-order chi connectivity index (χ0) is 13.5. The molecule has 3 rings (SSSR count). The highest BCUT2D eigenvalue weighted by Gasteiger charge is 2.50. The van der Waals surface area contributed by atoms with Crippen molar-refractivity contribution in [1.82, 2.24) is 5.32 Å². The smallest absolute Gasteiger partial charge is 0.319 e. The Kier molecular flexibility index (Phi) is 3.13. The molecule has 1 heterocycles. The van der Waals surface area contributed by atoms with Crippen LogP contribution in [0.25, 0.3) is 0 Å². The number of rotatable bonds is 4. The lowest BCUT2D eigenvalue weighted by atomic mass is 9.79. The monoisotopic (exact) mass is 282 g/mol. The second kappa shape index (κ2) is 4.67. The normalized spacial score (nSPS) is 25.5. The minimum atomic E-state index is -0.450. The van der Waals surface area contributed by atoms with Gasteiger partial charge in [0.15, 0.2) is 0 Å². The molecule has 5 heteroatoms. The molecule has 0 bridgehead atoms. The van der Waals surface area contributed by atoms with Crippen LogP contribution < -0.4 is 10.6 Å². The number of hydrogen-bond donors (Lipinski definition) is 2. The molecular formula is C14H16ClFN2O. The molecule has 1 unspecified atom stereocenters. The highest BCUT2D eigenvalue weighted by Crippen LogP contribution is 2.51. The number of carbonyl (C=O) groups is 1. The number of benzene rings is 1. The summed E-state index contributed by atoms with van der Waals surface area (Å²) in [5.74, 6) is 0.391. The van der Waals surface area contributed by atoms with Crippen molar-refractivity contribution in [3.8, 4) is 0 Å². The summed E-state index contributed by atoms with van der Waals surface area (Å²) < 4.78 is 12.6. The van der Waals surface area contributed by atoms with Crippen molar-refractivity contribution in [2.24, 2.45) is 5.92 Å². The molecule has 1 aromatic rings. The first-order chi connectivity index (χ1) is 9.15. The first-order valence-corrected chi connectivity index (χ1v) is 6.99. The van der Waals surface area contributed by atoms with E-state index in [2.05, 4.69) is 10.6 Å². The maximum absolute atomic E-state index is 12.6. The molecule has 2 N–H and O–H groups in total. The van der Waals surface area contributed by atoms with Gasteiger partial charge >= 0.3 is 6.03 Å². The van der Waals surface area contributed by atoms with E-state index in [4.69, 9.17) is 11.6 Å². The molecule has 19 heavy (non-hydrogen) atoms. The van der Waals surface area contributed by atoms with E-state index in [1.165, 1.54) is 0 Å². The summed E-state index contributed by atoms with van der Waals surface area (Å²) in [5.41, 5.74) is 1.34. The zero-order valence-corrected chi connectivity index (χ0v) is 11.3. The van der Waals surface area contributed by atoms with E-state index < -0.39 is 5.54 Å². The summed E-state index contributed by atoms with van der Waals surface area (Å²) in [6.07, 6.45) is 3.20. The Morgan fingerprint density at radius 1 is 1.42 bits per heavy atom. The first kappa shape index (κ1) is 12.7. The van der Waals surface area contributed by atoms with Gasteiger partial charge in [-0.3, -0.25) is 4.39 Å². The van der Waals surface area contributed by atoms with E-state index in [1.807, 2.05) is 12.1 Å². The number of fused-ring (bicyclic) bond motifs is 1. The van der Waals surface area contributed by atoms with Crippen molar-refractivity contribution in [2.45, 2.75) is 31.2 Å².